The molecular weight excluding hydrogens is 342 g/mol. The van der Waals surface area contributed by atoms with Gasteiger partial charge in [0.25, 0.3) is 5.91 Å². The lowest BCUT2D eigenvalue weighted by atomic mass is 10.1. The van der Waals surface area contributed by atoms with E-state index in [1.807, 2.05) is 51.9 Å². The van der Waals surface area contributed by atoms with Gasteiger partial charge in [-0.05, 0) is 49.6 Å². The molecule has 0 bridgehead atoms. The van der Waals surface area contributed by atoms with E-state index in [0.29, 0.717) is 11.3 Å². The van der Waals surface area contributed by atoms with Crippen LogP contribution < -0.4 is 5.69 Å². The lowest BCUT2D eigenvalue weighted by molar-refractivity contribution is 0.0710. The molecule has 7 nitrogen and oxygen atoms in total. The lowest BCUT2D eigenvalue weighted by Gasteiger charge is -2.26. The molecule has 0 unspecified atom stereocenters. The summed E-state index contributed by atoms with van der Waals surface area (Å²) in [5.74, 6) is 0.365. The number of amides is 1. The van der Waals surface area contributed by atoms with Gasteiger partial charge in [0.2, 0.25) is 5.82 Å². The molecule has 2 aromatic carbocycles. The molecule has 0 radical (unpaired) electrons. The van der Waals surface area contributed by atoms with Gasteiger partial charge in [-0.25, -0.2) is 9.78 Å². The van der Waals surface area contributed by atoms with Crippen LogP contribution in [0.15, 0.2) is 47.3 Å². The summed E-state index contributed by atoms with van der Waals surface area (Å²) in [4.78, 5) is 36.9. The van der Waals surface area contributed by atoms with Gasteiger partial charge in [0, 0.05) is 13.1 Å². The average molecular weight is 361 g/mol. The molecule has 1 fully saturated rings. The van der Waals surface area contributed by atoms with E-state index in [1.165, 1.54) is 0 Å². The predicted octanol–water partition coefficient (Wildman–Crippen LogP) is 2.82. The Labute approximate surface area is 154 Å². The molecule has 4 aromatic rings. The van der Waals surface area contributed by atoms with Gasteiger partial charge in [-0.2, -0.15) is 0 Å². The minimum atomic E-state index is -0.248. The van der Waals surface area contributed by atoms with Crippen molar-refractivity contribution in [2.75, 3.05) is 13.1 Å². The Morgan fingerprint density at radius 3 is 2.59 bits per heavy atom. The van der Waals surface area contributed by atoms with Gasteiger partial charge in [-0.3, -0.25) is 9.36 Å². The fourth-order valence-corrected chi connectivity index (χ4v) is 3.83. The van der Waals surface area contributed by atoms with Crippen molar-refractivity contribution in [1.82, 2.24) is 24.4 Å². The van der Waals surface area contributed by atoms with Crippen LogP contribution in [0.5, 0.6) is 0 Å². The van der Waals surface area contributed by atoms with Crippen LogP contribution in [-0.2, 0) is 0 Å². The molecule has 5 rings (SSSR count). The lowest BCUT2D eigenvalue weighted by Crippen LogP contribution is -2.37. The van der Waals surface area contributed by atoms with Gasteiger partial charge < -0.3 is 14.9 Å². The van der Waals surface area contributed by atoms with Crippen LogP contribution in [-0.4, -0.2) is 43.4 Å². The zero-order valence-electron chi connectivity index (χ0n) is 14.7. The summed E-state index contributed by atoms with van der Waals surface area (Å²) < 4.78 is 1.89. The van der Waals surface area contributed by atoms with Gasteiger partial charge in [0.15, 0.2) is 0 Å². The number of carbonyl (C=O) groups is 1. The highest BCUT2D eigenvalue weighted by Gasteiger charge is 2.25. The number of hydrogen-bond donors (Lipinski definition) is 2. The number of fused-ring (bicyclic) bond motifs is 2. The second-order valence-corrected chi connectivity index (χ2v) is 6.92. The van der Waals surface area contributed by atoms with Gasteiger partial charge in [0.1, 0.15) is 0 Å². The molecule has 0 saturated carbocycles. The Morgan fingerprint density at radius 1 is 0.963 bits per heavy atom. The summed E-state index contributed by atoms with van der Waals surface area (Å²) in [7, 11) is 0. The Balaban J connectivity index is 1.71. The molecule has 136 valence electrons. The normalized spacial score (nSPS) is 14.9. The Morgan fingerprint density at radius 2 is 1.74 bits per heavy atom. The number of imidazole rings is 2. The number of benzene rings is 2. The van der Waals surface area contributed by atoms with E-state index in [-0.39, 0.29) is 11.6 Å². The predicted molar refractivity (Wildman–Crippen MR) is 103 cm³/mol. The Bertz CT molecular complexity index is 1210. The third-order valence-corrected chi connectivity index (χ3v) is 5.15. The van der Waals surface area contributed by atoms with E-state index in [2.05, 4.69) is 15.0 Å². The zero-order chi connectivity index (χ0) is 18.4. The van der Waals surface area contributed by atoms with Crippen molar-refractivity contribution in [2.45, 2.75) is 19.3 Å². The van der Waals surface area contributed by atoms with Crippen LogP contribution in [0.3, 0.4) is 0 Å². The molecule has 7 heteroatoms. The topological polar surface area (TPSA) is 86.8 Å². The van der Waals surface area contributed by atoms with Gasteiger partial charge in [0.05, 0.1) is 27.8 Å². The number of nitrogens with zero attached hydrogens (tertiary/aromatic N) is 3. The van der Waals surface area contributed by atoms with Crippen molar-refractivity contribution in [2.24, 2.45) is 0 Å². The van der Waals surface area contributed by atoms with Crippen LogP contribution >= 0.6 is 0 Å². The van der Waals surface area contributed by atoms with E-state index in [0.717, 1.165) is 54.6 Å². The molecule has 27 heavy (non-hydrogen) atoms. The summed E-state index contributed by atoms with van der Waals surface area (Å²) in [6, 6.07) is 13.3. The van der Waals surface area contributed by atoms with E-state index >= 15 is 0 Å². The third kappa shape index (κ3) is 2.63. The molecule has 3 heterocycles. The molecule has 1 saturated heterocycles. The summed E-state index contributed by atoms with van der Waals surface area (Å²) in [6.45, 7) is 1.54. The van der Waals surface area contributed by atoms with Crippen LogP contribution in [0.4, 0.5) is 0 Å². The van der Waals surface area contributed by atoms with Crippen molar-refractivity contribution in [3.63, 3.8) is 0 Å². The molecule has 2 aromatic heterocycles. The average Bonchev–Trinajstić information content (AvgIpc) is 3.27. The molecule has 1 aliphatic rings. The first-order chi connectivity index (χ1) is 13.2. The van der Waals surface area contributed by atoms with Crippen LogP contribution in [0.25, 0.3) is 27.8 Å². The minimum absolute atomic E-state index is 0.0476. The first-order valence-electron chi connectivity index (χ1n) is 9.20. The van der Waals surface area contributed by atoms with Gasteiger partial charge in [-0.15, -0.1) is 0 Å². The van der Waals surface area contributed by atoms with Crippen molar-refractivity contribution >= 4 is 28.0 Å². The van der Waals surface area contributed by atoms with Crippen LogP contribution in [0.2, 0.25) is 0 Å². The number of hydrogen-bond acceptors (Lipinski definition) is 3. The van der Waals surface area contributed by atoms with Crippen LogP contribution in [0, 0.1) is 0 Å². The molecule has 0 atom stereocenters. The summed E-state index contributed by atoms with van der Waals surface area (Å²) >= 11 is 0. The van der Waals surface area contributed by atoms with Crippen LogP contribution in [0.1, 0.15) is 29.9 Å². The van der Waals surface area contributed by atoms with E-state index in [1.54, 1.807) is 0 Å². The number of piperidine rings is 1. The summed E-state index contributed by atoms with van der Waals surface area (Å²) in [5, 5.41) is 0. The minimum Gasteiger partial charge on any atom is -0.336 e. The first-order valence-corrected chi connectivity index (χ1v) is 9.20. The monoisotopic (exact) mass is 361 g/mol. The number of aromatic nitrogens is 4. The van der Waals surface area contributed by atoms with Crippen molar-refractivity contribution in [3.8, 4) is 5.69 Å². The first kappa shape index (κ1) is 15.9. The number of aromatic amines is 2. The standard InChI is InChI=1S/C20H19N5O2/c26-19(24-10-4-1-5-11-24)18-21-15-6-2-3-7-17(15)25(18)13-8-9-14-16(12-13)23-20(27)22-14/h2-3,6-9,12H,1,4-5,10-11H2,(H2,22,23,27). The maximum absolute atomic E-state index is 13.2. The van der Waals surface area contributed by atoms with E-state index in [4.69, 9.17) is 0 Å². The second-order valence-electron chi connectivity index (χ2n) is 6.92. The van der Waals surface area contributed by atoms with Crippen molar-refractivity contribution in [3.05, 3.63) is 58.8 Å². The third-order valence-electron chi connectivity index (χ3n) is 5.15. The number of para-hydroxylation sites is 2. The summed E-state index contributed by atoms with van der Waals surface area (Å²) in [6.07, 6.45) is 3.22. The molecule has 1 amide bonds. The number of carbonyl (C=O) groups excluding carboxylic acids is 1. The molecule has 0 aliphatic carbocycles. The molecule has 1 aliphatic heterocycles. The molecule has 2 N–H and O–H groups in total. The summed E-state index contributed by atoms with van der Waals surface area (Å²) in [5.41, 5.74) is 3.63. The van der Waals surface area contributed by atoms with Crippen molar-refractivity contribution < 1.29 is 4.79 Å². The van der Waals surface area contributed by atoms with E-state index < -0.39 is 0 Å². The fraction of sp³-hybridized carbons (Fsp3) is 0.250. The maximum atomic E-state index is 13.2. The van der Waals surface area contributed by atoms with Gasteiger partial charge >= 0.3 is 5.69 Å². The number of likely N-dealkylation sites (tertiary alicyclic amines) is 1. The quantitative estimate of drug-likeness (QED) is 0.576. The fourth-order valence-electron chi connectivity index (χ4n) is 3.83. The second kappa shape index (κ2) is 6.12. The molecular formula is C20H19N5O2. The highest BCUT2D eigenvalue weighted by Crippen LogP contribution is 2.25. The Hall–Kier alpha value is -3.35. The van der Waals surface area contributed by atoms with Crippen molar-refractivity contribution in [1.29, 1.82) is 0 Å². The number of H-pyrrole nitrogens is 2. The number of rotatable bonds is 2. The number of nitrogens with one attached hydrogen (secondary N) is 2. The zero-order valence-corrected chi connectivity index (χ0v) is 14.7. The Kier molecular flexibility index (Phi) is 3.60. The maximum Gasteiger partial charge on any atom is 0.323 e. The van der Waals surface area contributed by atoms with Gasteiger partial charge in [-0.1, -0.05) is 12.1 Å². The van der Waals surface area contributed by atoms with E-state index in [9.17, 15) is 9.59 Å². The largest absolute Gasteiger partial charge is 0.336 e. The SMILES string of the molecule is O=C(c1nc2ccccc2n1-c1ccc2[nH]c(=O)[nH]c2c1)N1CCCCC1. The highest BCUT2D eigenvalue weighted by atomic mass is 16.2. The molecule has 0 spiro atoms. The highest BCUT2D eigenvalue weighted by molar-refractivity contribution is 5.96. The smallest absolute Gasteiger partial charge is 0.323 e.